The summed E-state index contributed by atoms with van der Waals surface area (Å²) in [5, 5.41) is 84.7. The van der Waals surface area contributed by atoms with Crippen LogP contribution in [0.3, 0.4) is 0 Å². The van der Waals surface area contributed by atoms with E-state index in [1.54, 1.807) is 24.3 Å². The van der Waals surface area contributed by atoms with Gasteiger partial charge >= 0.3 is 5.63 Å². The van der Waals surface area contributed by atoms with E-state index in [-0.39, 0.29) is 18.4 Å². The topological polar surface area (TPSA) is 238 Å². The zero-order chi connectivity index (χ0) is 37.0. The third-order valence-electron chi connectivity index (χ3n) is 11.7. The molecule has 15 heteroatoms. The van der Waals surface area contributed by atoms with Crippen molar-refractivity contribution in [1.29, 1.82) is 0 Å². The molecule has 4 aliphatic rings. The minimum absolute atomic E-state index is 0.183. The Morgan fingerprint density at radius 2 is 1.49 bits per heavy atom. The zero-order valence-corrected chi connectivity index (χ0v) is 28.9. The number of benzene rings is 1. The molecule has 2 aromatic rings. The van der Waals surface area contributed by atoms with Gasteiger partial charge in [-0.3, -0.25) is 0 Å². The standard InChI is InChI=1S/C36H50O15/c1-16-11-21(49-34-31(45)29(43)27(41)23(51-34)15-47-33-30(44)28(42)26(40)22(13-37)50-33)32-35(2,3)24(38)9-10-36(32,4)19(16)14-46-18-7-5-17-6-8-25(39)48-20(17)12-18/h5-8,12,19,21-24,26-34,37-38,40-45H,1,9-11,13-15H2,2-4H3/t19-,21-,22-,23-,24-,26-,27-,28+,29+,30-,31-,32-,33-,34-,36+/m1/s1. The monoisotopic (exact) mass is 722 g/mol. The van der Waals surface area contributed by atoms with E-state index in [1.165, 1.54) is 6.07 Å². The fourth-order valence-electron chi connectivity index (χ4n) is 8.79. The first-order chi connectivity index (χ1) is 24.1. The van der Waals surface area contributed by atoms with Gasteiger partial charge in [0.25, 0.3) is 0 Å². The molecule has 1 aromatic heterocycles. The predicted molar refractivity (Wildman–Crippen MR) is 177 cm³/mol. The van der Waals surface area contributed by atoms with Crippen molar-refractivity contribution >= 4 is 11.0 Å². The number of rotatable bonds is 9. The van der Waals surface area contributed by atoms with Crippen LogP contribution >= 0.6 is 0 Å². The minimum atomic E-state index is -1.72. The Kier molecular flexibility index (Phi) is 11.0. The van der Waals surface area contributed by atoms with Gasteiger partial charge in [-0.1, -0.05) is 32.9 Å². The molecule has 3 heterocycles. The Bertz CT molecular complexity index is 1590. The normalized spacial score (nSPS) is 42.8. The highest BCUT2D eigenvalue weighted by atomic mass is 16.7. The van der Waals surface area contributed by atoms with E-state index in [9.17, 15) is 45.6 Å². The van der Waals surface area contributed by atoms with Gasteiger partial charge in [-0.15, -0.1) is 0 Å². The van der Waals surface area contributed by atoms with Crippen LogP contribution in [0.15, 0.2) is 51.7 Å². The number of ether oxygens (including phenoxy) is 5. The second-order valence-corrected chi connectivity index (χ2v) is 15.3. The molecule has 6 rings (SSSR count). The molecule has 15 atom stereocenters. The average molecular weight is 723 g/mol. The molecule has 2 saturated heterocycles. The lowest BCUT2D eigenvalue weighted by Gasteiger charge is -2.61. The van der Waals surface area contributed by atoms with Crippen LogP contribution in [0.4, 0.5) is 0 Å². The fourth-order valence-corrected chi connectivity index (χ4v) is 8.79. The number of aliphatic hydroxyl groups excluding tert-OH is 8. The summed E-state index contributed by atoms with van der Waals surface area (Å²) in [5.41, 5.74) is -0.461. The molecule has 2 aliphatic heterocycles. The van der Waals surface area contributed by atoms with E-state index in [0.717, 1.165) is 11.0 Å². The van der Waals surface area contributed by atoms with E-state index in [0.29, 0.717) is 30.6 Å². The number of fused-ring (bicyclic) bond motifs is 2. The van der Waals surface area contributed by atoms with Crippen molar-refractivity contribution in [3.05, 3.63) is 52.9 Å². The van der Waals surface area contributed by atoms with E-state index in [1.807, 2.05) is 13.8 Å². The Morgan fingerprint density at radius 3 is 2.20 bits per heavy atom. The van der Waals surface area contributed by atoms with Gasteiger partial charge in [0.15, 0.2) is 12.6 Å². The van der Waals surface area contributed by atoms with Gasteiger partial charge in [-0.2, -0.15) is 0 Å². The highest BCUT2D eigenvalue weighted by Gasteiger charge is 2.61. The Labute approximate surface area is 294 Å². The maximum absolute atomic E-state index is 11.8. The van der Waals surface area contributed by atoms with Crippen molar-refractivity contribution in [2.24, 2.45) is 22.7 Å². The maximum atomic E-state index is 11.8. The molecule has 0 radical (unpaired) electrons. The molecule has 1 aromatic carbocycles. The van der Waals surface area contributed by atoms with Gasteiger partial charge in [-0.05, 0) is 54.2 Å². The van der Waals surface area contributed by atoms with Crippen molar-refractivity contribution < 1.29 is 69.0 Å². The molecule has 15 nitrogen and oxygen atoms in total. The summed E-state index contributed by atoms with van der Waals surface area (Å²) in [4.78, 5) is 11.8. The predicted octanol–water partition coefficient (Wildman–Crippen LogP) is -0.439. The molecule has 0 unspecified atom stereocenters. The molecule has 2 aliphatic carbocycles. The van der Waals surface area contributed by atoms with Crippen LogP contribution in [-0.2, 0) is 18.9 Å². The van der Waals surface area contributed by atoms with Crippen molar-refractivity contribution in [1.82, 2.24) is 0 Å². The van der Waals surface area contributed by atoms with Gasteiger partial charge in [0, 0.05) is 23.4 Å². The Morgan fingerprint density at radius 1 is 0.843 bits per heavy atom. The van der Waals surface area contributed by atoms with Crippen molar-refractivity contribution in [2.45, 2.75) is 114 Å². The summed E-state index contributed by atoms with van der Waals surface area (Å²) in [6.45, 7) is 9.52. The Balaban J connectivity index is 1.19. The van der Waals surface area contributed by atoms with Gasteiger partial charge in [-0.25, -0.2) is 4.79 Å². The third kappa shape index (κ3) is 7.12. The van der Waals surface area contributed by atoms with E-state index < -0.39 is 103 Å². The van der Waals surface area contributed by atoms with Crippen LogP contribution in [-0.4, -0.2) is 134 Å². The number of hydrogen-bond acceptors (Lipinski definition) is 15. The second kappa shape index (κ2) is 14.7. The summed E-state index contributed by atoms with van der Waals surface area (Å²) < 4.78 is 35.0. The van der Waals surface area contributed by atoms with Crippen LogP contribution in [0.2, 0.25) is 0 Å². The lowest BCUT2D eigenvalue weighted by molar-refractivity contribution is -0.343. The van der Waals surface area contributed by atoms with Crippen molar-refractivity contribution in [3.63, 3.8) is 0 Å². The largest absolute Gasteiger partial charge is 0.493 e. The van der Waals surface area contributed by atoms with Crippen molar-refractivity contribution in [2.75, 3.05) is 19.8 Å². The van der Waals surface area contributed by atoms with Gasteiger partial charge in [0.05, 0.1) is 32.0 Å². The Hall–Kier alpha value is -2.51. The number of aliphatic hydroxyl groups is 8. The summed E-state index contributed by atoms with van der Waals surface area (Å²) in [5.74, 6) is 0.00418. The quantitative estimate of drug-likeness (QED) is 0.121. The first-order valence-corrected chi connectivity index (χ1v) is 17.4. The lowest BCUT2D eigenvalue weighted by Crippen LogP contribution is -2.64. The molecular formula is C36H50O15. The second-order valence-electron chi connectivity index (χ2n) is 15.3. The molecule has 0 spiro atoms. The van der Waals surface area contributed by atoms with Crippen molar-refractivity contribution in [3.8, 4) is 5.75 Å². The van der Waals surface area contributed by atoms with Crippen LogP contribution in [0, 0.1) is 22.7 Å². The molecule has 0 bridgehead atoms. The highest BCUT2D eigenvalue weighted by molar-refractivity contribution is 5.77. The molecule has 284 valence electrons. The number of hydrogen-bond donors (Lipinski definition) is 8. The first kappa shape index (κ1) is 38.2. The summed E-state index contributed by atoms with van der Waals surface area (Å²) in [6, 6.07) is 8.30. The summed E-state index contributed by atoms with van der Waals surface area (Å²) >= 11 is 0. The molecule has 4 fully saturated rings. The molecule has 51 heavy (non-hydrogen) atoms. The minimum Gasteiger partial charge on any atom is -0.493 e. The van der Waals surface area contributed by atoms with Gasteiger partial charge < -0.3 is 69.0 Å². The molecule has 0 amide bonds. The molecule has 8 N–H and O–H groups in total. The van der Waals surface area contributed by atoms with Crippen LogP contribution < -0.4 is 10.4 Å². The van der Waals surface area contributed by atoms with E-state index in [4.69, 9.17) is 28.1 Å². The smallest absolute Gasteiger partial charge is 0.336 e. The van der Waals surface area contributed by atoms with Crippen LogP contribution in [0.5, 0.6) is 5.75 Å². The average Bonchev–Trinajstić information content (AvgIpc) is 3.08. The zero-order valence-electron chi connectivity index (χ0n) is 28.9. The molecular weight excluding hydrogens is 672 g/mol. The van der Waals surface area contributed by atoms with Crippen LogP contribution in [0.25, 0.3) is 11.0 Å². The summed E-state index contributed by atoms with van der Waals surface area (Å²) in [6.07, 6.45) is -15.4. The maximum Gasteiger partial charge on any atom is 0.336 e. The summed E-state index contributed by atoms with van der Waals surface area (Å²) in [7, 11) is 0. The van der Waals surface area contributed by atoms with E-state index in [2.05, 4.69) is 13.5 Å². The van der Waals surface area contributed by atoms with Crippen LogP contribution in [0.1, 0.15) is 40.0 Å². The SMILES string of the molecule is C=C1C[C@@H](O[C@@H]2O[C@H](CO[C@@H]3O[C@H](CO)[C@@H](O)[C@H](O)[C@H]3O)[C@@H](O)[C@H](O)[C@H]2O)[C@@H]2C(C)(C)[C@H](O)CC[C@@]2(C)[C@@H]1COc1ccc2ccc(=O)oc2c1. The van der Waals surface area contributed by atoms with Gasteiger partial charge in [0.1, 0.15) is 60.2 Å². The third-order valence-corrected chi connectivity index (χ3v) is 11.7. The molecule has 2 saturated carbocycles. The lowest BCUT2D eigenvalue weighted by atomic mass is 9.46. The first-order valence-electron chi connectivity index (χ1n) is 17.4. The fraction of sp³-hybridized carbons (Fsp3) is 0.694. The van der Waals surface area contributed by atoms with E-state index >= 15 is 0 Å². The highest BCUT2D eigenvalue weighted by Crippen LogP contribution is 2.61. The van der Waals surface area contributed by atoms with Gasteiger partial charge in [0.2, 0.25) is 0 Å².